The van der Waals surface area contributed by atoms with Gasteiger partial charge in [-0.15, -0.1) is 11.6 Å². The average molecular weight is 260 g/mol. The van der Waals surface area contributed by atoms with E-state index in [1.807, 2.05) is 6.92 Å². The molecule has 1 rings (SSSR count). The first-order chi connectivity index (χ1) is 8.22. The van der Waals surface area contributed by atoms with Crippen molar-refractivity contribution in [2.45, 2.75) is 33.1 Å². The Morgan fingerprint density at radius 3 is 2.76 bits per heavy atom. The van der Waals surface area contributed by atoms with Gasteiger partial charge in [-0.05, 0) is 18.8 Å². The second-order valence-electron chi connectivity index (χ2n) is 3.97. The Labute approximate surface area is 107 Å². The van der Waals surface area contributed by atoms with Crippen molar-refractivity contribution in [1.29, 1.82) is 0 Å². The van der Waals surface area contributed by atoms with Gasteiger partial charge in [-0.25, -0.2) is 14.4 Å². The standard InChI is InChI=1S/C12H19ClFN3/c1-3-9(5-6-13)7-15-12-11(14)10(4-2)16-8-17-12/h8-9H,3-7H2,1-2H3,(H,15,16,17). The van der Waals surface area contributed by atoms with E-state index in [9.17, 15) is 4.39 Å². The van der Waals surface area contributed by atoms with Crippen LogP contribution in [0, 0.1) is 11.7 Å². The minimum Gasteiger partial charge on any atom is -0.367 e. The van der Waals surface area contributed by atoms with Crippen molar-refractivity contribution in [1.82, 2.24) is 9.97 Å². The summed E-state index contributed by atoms with van der Waals surface area (Å²) in [6.45, 7) is 4.67. The number of aryl methyl sites for hydroxylation is 1. The predicted molar refractivity (Wildman–Crippen MR) is 69.0 cm³/mol. The first-order valence-corrected chi connectivity index (χ1v) is 6.55. The Hall–Kier alpha value is -0.900. The van der Waals surface area contributed by atoms with Crippen LogP contribution < -0.4 is 5.32 Å². The van der Waals surface area contributed by atoms with Gasteiger partial charge >= 0.3 is 0 Å². The van der Waals surface area contributed by atoms with Gasteiger partial charge in [0, 0.05) is 12.4 Å². The summed E-state index contributed by atoms with van der Waals surface area (Å²) in [4.78, 5) is 7.82. The van der Waals surface area contributed by atoms with Gasteiger partial charge in [-0.2, -0.15) is 0 Å². The van der Waals surface area contributed by atoms with E-state index < -0.39 is 0 Å². The quantitative estimate of drug-likeness (QED) is 0.764. The molecule has 5 heteroatoms. The first kappa shape index (κ1) is 14.2. The zero-order valence-electron chi connectivity index (χ0n) is 10.3. The van der Waals surface area contributed by atoms with Gasteiger partial charge in [0.1, 0.15) is 6.33 Å². The van der Waals surface area contributed by atoms with Crippen LogP contribution in [-0.2, 0) is 6.42 Å². The van der Waals surface area contributed by atoms with Crippen LogP contribution in [0.3, 0.4) is 0 Å². The summed E-state index contributed by atoms with van der Waals surface area (Å²) in [6.07, 6.45) is 3.92. The number of halogens is 2. The minimum absolute atomic E-state index is 0.296. The third-order valence-electron chi connectivity index (χ3n) is 2.85. The predicted octanol–water partition coefficient (Wildman–Crippen LogP) is 3.25. The second-order valence-corrected chi connectivity index (χ2v) is 4.35. The molecular weight excluding hydrogens is 241 g/mol. The van der Waals surface area contributed by atoms with Gasteiger partial charge in [0.15, 0.2) is 11.6 Å². The van der Waals surface area contributed by atoms with Crippen molar-refractivity contribution >= 4 is 17.4 Å². The molecule has 0 amide bonds. The van der Waals surface area contributed by atoms with Crippen molar-refractivity contribution in [3.05, 3.63) is 17.8 Å². The van der Waals surface area contributed by atoms with Crippen LogP contribution in [0.1, 0.15) is 32.4 Å². The zero-order chi connectivity index (χ0) is 12.7. The summed E-state index contributed by atoms with van der Waals surface area (Å²) >= 11 is 5.71. The highest BCUT2D eigenvalue weighted by atomic mass is 35.5. The SMILES string of the molecule is CCc1ncnc(NCC(CC)CCCl)c1F. The van der Waals surface area contributed by atoms with E-state index in [-0.39, 0.29) is 5.82 Å². The third kappa shape index (κ3) is 4.11. The molecule has 1 heterocycles. The van der Waals surface area contributed by atoms with Crippen LogP contribution in [-0.4, -0.2) is 22.4 Å². The molecule has 1 N–H and O–H groups in total. The van der Waals surface area contributed by atoms with E-state index in [1.54, 1.807) is 0 Å². The van der Waals surface area contributed by atoms with Gasteiger partial charge in [0.2, 0.25) is 0 Å². The fourth-order valence-corrected chi connectivity index (χ4v) is 1.93. The van der Waals surface area contributed by atoms with E-state index >= 15 is 0 Å². The lowest BCUT2D eigenvalue weighted by molar-refractivity contribution is 0.517. The Balaban J connectivity index is 2.62. The Kier molecular flexibility index (Phi) is 6.19. The average Bonchev–Trinajstić information content (AvgIpc) is 2.36. The molecule has 0 fully saturated rings. The number of hydrogen-bond acceptors (Lipinski definition) is 3. The van der Waals surface area contributed by atoms with Crippen molar-refractivity contribution < 1.29 is 4.39 Å². The van der Waals surface area contributed by atoms with Crippen LogP contribution in [0.2, 0.25) is 0 Å². The van der Waals surface area contributed by atoms with Crippen molar-refractivity contribution in [2.75, 3.05) is 17.7 Å². The highest BCUT2D eigenvalue weighted by molar-refractivity contribution is 6.17. The van der Waals surface area contributed by atoms with Crippen LogP contribution in [0.4, 0.5) is 10.2 Å². The smallest absolute Gasteiger partial charge is 0.186 e. The highest BCUT2D eigenvalue weighted by Crippen LogP contribution is 2.15. The maximum Gasteiger partial charge on any atom is 0.186 e. The summed E-state index contributed by atoms with van der Waals surface area (Å²) in [6, 6.07) is 0. The summed E-state index contributed by atoms with van der Waals surface area (Å²) in [5, 5.41) is 3.04. The minimum atomic E-state index is -0.337. The topological polar surface area (TPSA) is 37.8 Å². The maximum atomic E-state index is 13.8. The molecule has 1 unspecified atom stereocenters. The molecule has 96 valence electrons. The molecule has 1 atom stereocenters. The summed E-state index contributed by atoms with van der Waals surface area (Å²) in [5.74, 6) is 1.04. The van der Waals surface area contributed by atoms with Gasteiger partial charge in [0.25, 0.3) is 0 Å². The number of anilines is 1. The lowest BCUT2D eigenvalue weighted by Gasteiger charge is -2.15. The molecule has 0 aromatic carbocycles. The molecule has 0 aliphatic rings. The van der Waals surface area contributed by atoms with Crippen LogP contribution in [0.25, 0.3) is 0 Å². The third-order valence-corrected chi connectivity index (χ3v) is 3.07. The number of nitrogens with one attached hydrogen (secondary N) is 1. The van der Waals surface area contributed by atoms with E-state index in [1.165, 1.54) is 6.33 Å². The van der Waals surface area contributed by atoms with Crippen molar-refractivity contribution in [2.24, 2.45) is 5.92 Å². The fourth-order valence-electron chi connectivity index (χ4n) is 1.62. The number of hydrogen-bond donors (Lipinski definition) is 1. The van der Waals surface area contributed by atoms with E-state index in [0.717, 1.165) is 12.8 Å². The first-order valence-electron chi connectivity index (χ1n) is 6.02. The normalized spacial score (nSPS) is 12.5. The number of nitrogens with zero attached hydrogens (tertiary/aromatic N) is 2. The lowest BCUT2D eigenvalue weighted by atomic mass is 10.0. The molecule has 17 heavy (non-hydrogen) atoms. The highest BCUT2D eigenvalue weighted by Gasteiger charge is 2.11. The number of aromatic nitrogens is 2. The molecule has 0 spiro atoms. The molecule has 0 saturated carbocycles. The molecular formula is C12H19ClFN3. The van der Waals surface area contributed by atoms with E-state index in [0.29, 0.717) is 36.3 Å². The van der Waals surface area contributed by atoms with Gasteiger partial charge in [-0.3, -0.25) is 0 Å². The summed E-state index contributed by atoms with van der Waals surface area (Å²) < 4.78 is 13.8. The molecule has 0 saturated heterocycles. The molecule has 0 aliphatic carbocycles. The van der Waals surface area contributed by atoms with Gasteiger partial charge in [-0.1, -0.05) is 20.3 Å². The molecule has 1 aromatic heterocycles. The molecule has 0 radical (unpaired) electrons. The molecule has 0 aliphatic heterocycles. The lowest BCUT2D eigenvalue weighted by Crippen LogP contribution is -2.16. The zero-order valence-corrected chi connectivity index (χ0v) is 11.1. The van der Waals surface area contributed by atoms with Crippen molar-refractivity contribution in [3.63, 3.8) is 0 Å². The Morgan fingerprint density at radius 2 is 2.18 bits per heavy atom. The van der Waals surface area contributed by atoms with E-state index in [2.05, 4.69) is 22.2 Å². The van der Waals surface area contributed by atoms with Crippen LogP contribution >= 0.6 is 11.6 Å². The van der Waals surface area contributed by atoms with Crippen molar-refractivity contribution in [3.8, 4) is 0 Å². The summed E-state index contributed by atoms with van der Waals surface area (Å²) in [5.41, 5.74) is 0.452. The number of rotatable bonds is 7. The Bertz CT molecular complexity index is 347. The number of alkyl halides is 1. The summed E-state index contributed by atoms with van der Waals surface area (Å²) in [7, 11) is 0. The Morgan fingerprint density at radius 1 is 1.41 bits per heavy atom. The van der Waals surface area contributed by atoms with Crippen LogP contribution in [0.5, 0.6) is 0 Å². The molecule has 3 nitrogen and oxygen atoms in total. The van der Waals surface area contributed by atoms with Gasteiger partial charge < -0.3 is 5.32 Å². The second kappa shape index (κ2) is 7.43. The van der Waals surface area contributed by atoms with Gasteiger partial charge in [0.05, 0.1) is 5.69 Å². The monoisotopic (exact) mass is 259 g/mol. The van der Waals surface area contributed by atoms with E-state index in [4.69, 9.17) is 11.6 Å². The largest absolute Gasteiger partial charge is 0.367 e. The molecule has 1 aromatic rings. The maximum absolute atomic E-state index is 13.8. The fraction of sp³-hybridized carbons (Fsp3) is 0.667. The van der Waals surface area contributed by atoms with Crippen LogP contribution in [0.15, 0.2) is 6.33 Å². The molecule has 0 bridgehead atoms.